The second-order valence-corrected chi connectivity index (χ2v) is 4.05. The topological polar surface area (TPSA) is 49.4 Å². The molecule has 1 N–H and O–H groups in total. The fourth-order valence-corrected chi connectivity index (χ4v) is 1.51. The van der Waals surface area contributed by atoms with Gasteiger partial charge < -0.3 is 15.0 Å². The number of carbonyl (C=O) groups is 2. The summed E-state index contributed by atoms with van der Waals surface area (Å²) in [6, 6.07) is -0.462. The summed E-state index contributed by atoms with van der Waals surface area (Å²) >= 11 is 0. The van der Waals surface area contributed by atoms with Crippen LogP contribution in [0.15, 0.2) is 0 Å². The highest BCUT2D eigenvalue weighted by atomic mass is 16.2. The number of urea groups is 1. The van der Waals surface area contributed by atoms with Gasteiger partial charge in [0.05, 0.1) is 6.04 Å². The first kappa shape index (κ1) is 11.0. The Balaban J connectivity index is 2.41. The maximum atomic E-state index is 11.6. The predicted molar refractivity (Wildman–Crippen MR) is 54.0 cm³/mol. The molecule has 0 aromatic heterocycles. The van der Waals surface area contributed by atoms with Crippen molar-refractivity contribution in [2.75, 3.05) is 13.1 Å². The molecule has 4 heteroatoms. The van der Waals surface area contributed by atoms with Crippen molar-refractivity contribution in [2.45, 2.75) is 32.7 Å². The van der Waals surface area contributed by atoms with E-state index in [1.54, 1.807) is 4.90 Å². The Hall–Kier alpha value is -1.06. The number of amides is 2. The molecule has 1 aliphatic heterocycles. The Morgan fingerprint density at radius 1 is 1.36 bits per heavy atom. The molecule has 1 saturated heterocycles. The van der Waals surface area contributed by atoms with Gasteiger partial charge in [-0.15, -0.1) is 0 Å². The van der Waals surface area contributed by atoms with E-state index >= 15 is 0 Å². The highest BCUT2D eigenvalue weighted by Crippen LogP contribution is 2.08. The number of likely N-dealkylation sites (tertiary alicyclic amines) is 1. The number of hydrogen-bond donors (Lipinski definition) is 1. The Kier molecular flexibility index (Phi) is 3.92. The molecule has 0 bridgehead atoms. The van der Waals surface area contributed by atoms with E-state index in [0.29, 0.717) is 0 Å². The maximum absolute atomic E-state index is 11.6. The Bertz CT molecular complexity index is 210. The van der Waals surface area contributed by atoms with E-state index < -0.39 is 0 Å². The second kappa shape index (κ2) is 4.98. The molecule has 1 heterocycles. The van der Waals surface area contributed by atoms with E-state index in [0.717, 1.165) is 32.2 Å². The van der Waals surface area contributed by atoms with Gasteiger partial charge >= 0.3 is 6.03 Å². The number of nitrogens with one attached hydrogen (secondary N) is 1. The first-order valence-corrected chi connectivity index (χ1v) is 5.16. The lowest BCUT2D eigenvalue weighted by atomic mass is 10.1. The van der Waals surface area contributed by atoms with E-state index in [1.807, 2.05) is 13.8 Å². The standard InChI is InChI=1S/C10H18N2O2/c1-8(2)9(7-13)11-10(14)12-5-3-4-6-12/h7-9H,3-6H2,1-2H3,(H,11,14)/t9-/m0/s1. The lowest BCUT2D eigenvalue weighted by Crippen LogP contribution is -2.46. The highest BCUT2D eigenvalue weighted by Gasteiger charge is 2.21. The van der Waals surface area contributed by atoms with Crippen molar-refractivity contribution in [3.63, 3.8) is 0 Å². The molecule has 1 fully saturated rings. The van der Waals surface area contributed by atoms with Gasteiger partial charge in [-0.05, 0) is 18.8 Å². The zero-order valence-corrected chi connectivity index (χ0v) is 8.82. The van der Waals surface area contributed by atoms with E-state index in [9.17, 15) is 9.59 Å². The molecule has 0 aromatic rings. The Morgan fingerprint density at radius 2 is 1.93 bits per heavy atom. The van der Waals surface area contributed by atoms with Gasteiger partial charge in [-0.25, -0.2) is 4.79 Å². The van der Waals surface area contributed by atoms with Crippen LogP contribution in [-0.4, -0.2) is 36.3 Å². The zero-order chi connectivity index (χ0) is 10.6. The lowest BCUT2D eigenvalue weighted by molar-refractivity contribution is -0.110. The first-order chi connectivity index (χ1) is 6.65. The molecule has 14 heavy (non-hydrogen) atoms. The smallest absolute Gasteiger partial charge is 0.317 e. The molecule has 4 nitrogen and oxygen atoms in total. The van der Waals surface area contributed by atoms with E-state index in [2.05, 4.69) is 5.32 Å². The fraction of sp³-hybridized carbons (Fsp3) is 0.800. The van der Waals surface area contributed by atoms with Crippen molar-refractivity contribution in [3.05, 3.63) is 0 Å². The molecule has 1 atom stereocenters. The molecule has 0 radical (unpaired) electrons. The van der Waals surface area contributed by atoms with E-state index in [4.69, 9.17) is 0 Å². The number of hydrogen-bond acceptors (Lipinski definition) is 2. The van der Waals surface area contributed by atoms with Crippen LogP contribution in [0, 0.1) is 5.92 Å². The van der Waals surface area contributed by atoms with Crippen LogP contribution in [0.4, 0.5) is 4.79 Å². The first-order valence-electron chi connectivity index (χ1n) is 5.16. The molecule has 0 aliphatic carbocycles. The maximum Gasteiger partial charge on any atom is 0.317 e. The summed E-state index contributed by atoms with van der Waals surface area (Å²) in [6.45, 7) is 5.47. The second-order valence-electron chi connectivity index (χ2n) is 4.05. The average Bonchev–Trinajstić information content (AvgIpc) is 2.65. The molecule has 0 unspecified atom stereocenters. The lowest BCUT2D eigenvalue weighted by Gasteiger charge is -2.21. The van der Waals surface area contributed by atoms with E-state index in [1.165, 1.54) is 0 Å². The van der Waals surface area contributed by atoms with Gasteiger partial charge in [0.1, 0.15) is 6.29 Å². The van der Waals surface area contributed by atoms with Crippen LogP contribution in [0.2, 0.25) is 0 Å². The normalized spacial score (nSPS) is 18.4. The van der Waals surface area contributed by atoms with Crippen LogP contribution in [0.5, 0.6) is 0 Å². The third-order valence-corrected chi connectivity index (χ3v) is 2.55. The zero-order valence-electron chi connectivity index (χ0n) is 8.82. The minimum absolute atomic E-state index is 0.103. The molecule has 1 aliphatic rings. The van der Waals surface area contributed by atoms with E-state index in [-0.39, 0.29) is 18.0 Å². The number of aldehydes is 1. The number of rotatable bonds is 3. The van der Waals surface area contributed by atoms with Crippen LogP contribution < -0.4 is 5.32 Å². The van der Waals surface area contributed by atoms with Crippen LogP contribution in [0.1, 0.15) is 26.7 Å². The van der Waals surface area contributed by atoms with Crippen molar-refractivity contribution >= 4 is 12.3 Å². The van der Waals surface area contributed by atoms with Crippen LogP contribution in [0.3, 0.4) is 0 Å². The number of nitrogens with zero attached hydrogens (tertiary/aromatic N) is 1. The molecule has 2 amide bonds. The third kappa shape index (κ3) is 2.72. The van der Waals surface area contributed by atoms with Gasteiger partial charge in [-0.1, -0.05) is 13.8 Å². The summed E-state index contributed by atoms with van der Waals surface area (Å²) < 4.78 is 0. The Morgan fingerprint density at radius 3 is 2.36 bits per heavy atom. The molecular formula is C10H18N2O2. The minimum atomic E-state index is -0.358. The molecule has 80 valence electrons. The molecular weight excluding hydrogens is 180 g/mol. The molecule has 0 spiro atoms. The minimum Gasteiger partial charge on any atom is -0.328 e. The predicted octanol–water partition coefficient (Wildman–Crippen LogP) is 1.02. The number of carbonyl (C=O) groups excluding carboxylic acids is 2. The van der Waals surface area contributed by atoms with Crippen molar-refractivity contribution in [2.24, 2.45) is 5.92 Å². The van der Waals surface area contributed by atoms with Crippen LogP contribution in [-0.2, 0) is 4.79 Å². The van der Waals surface area contributed by atoms with Gasteiger partial charge in [-0.2, -0.15) is 0 Å². The Labute approximate surface area is 84.7 Å². The van der Waals surface area contributed by atoms with Crippen LogP contribution in [0.25, 0.3) is 0 Å². The van der Waals surface area contributed by atoms with Crippen molar-refractivity contribution in [1.29, 1.82) is 0 Å². The van der Waals surface area contributed by atoms with Gasteiger partial charge in [0.2, 0.25) is 0 Å². The van der Waals surface area contributed by atoms with Gasteiger partial charge in [0.25, 0.3) is 0 Å². The van der Waals surface area contributed by atoms with Crippen molar-refractivity contribution < 1.29 is 9.59 Å². The van der Waals surface area contributed by atoms with Gasteiger partial charge in [0, 0.05) is 13.1 Å². The molecule has 1 rings (SSSR count). The highest BCUT2D eigenvalue weighted by molar-refractivity contribution is 5.78. The largest absolute Gasteiger partial charge is 0.328 e. The molecule has 0 aromatic carbocycles. The third-order valence-electron chi connectivity index (χ3n) is 2.55. The summed E-state index contributed by atoms with van der Waals surface area (Å²) in [4.78, 5) is 24.0. The monoisotopic (exact) mass is 198 g/mol. The van der Waals surface area contributed by atoms with Crippen molar-refractivity contribution in [3.8, 4) is 0 Å². The summed E-state index contributed by atoms with van der Waals surface area (Å²) in [5.74, 6) is 0.152. The molecule has 0 saturated carbocycles. The summed E-state index contributed by atoms with van der Waals surface area (Å²) in [5, 5.41) is 2.73. The average molecular weight is 198 g/mol. The summed E-state index contributed by atoms with van der Waals surface area (Å²) in [5.41, 5.74) is 0. The van der Waals surface area contributed by atoms with Crippen molar-refractivity contribution in [1.82, 2.24) is 10.2 Å². The quantitative estimate of drug-likeness (QED) is 0.688. The summed E-state index contributed by atoms with van der Waals surface area (Å²) in [6.07, 6.45) is 2.94. The van der Waals surface area contributed by atoms with Gasteiger partial charge in [0.15, 0.2) is 0 Å². The van der Waals surface area contributed by atoms with Crippen LogP contribution >= 0.6 is 0 Å². The fourth-order valence-electron chi connectivity index (χ4n) is 1.51. The summed E-state index contributed by atoms with van der Waals surface area (Å²) in [7, 11) is 0. The van der Waals surface area contributed by atoms with Gasteiger partial charge in [-0.3, -0.25) is 0 Å². The SMILES string of the molecule is CC(C)[C@H](C=O)NC(=O)N1CCCC1.